The van der Waals surface area contributed by atoms with E-state index < -0.39 is 44.8 Å². The predicted molar refractivity (Wildman–Crippen MR) is 140 cm³/mol. The Balaban J connectivity index is 1.30. The number of benzene rings is 2. The molecule has 0 aromatic heterocycles. The number of nitrogens with one attached hydrogen (secondary N) is 2. The monoisotopic (exact) mass is 552 g/mol. The summed E-state index contributed by atoms with van der Waals surface area (Å²) in [6, 6.07) is 7.86. The molecule has 11 heteroatoms. The second-order valence-electron chi connectivity index (χ2n) is 9.81. The molecule has 2 aromatic rings. The van der Waals surface area contributed by atoms with Crippen LogP contribution >= 0.6 is 24.4 Å². The van der Waals surface area contributed by atoms with Crippen LogP contribution < -0.4 is 10.6 Å². The van der Waals surface area contributed by atoms with E-state index in [2.05, 4.69) is 10.6 Å². The summed E-state index contributed by atoms with van der Waals surface area (Å²) in [6.07, 6.45) is 3.68. The van der Waals surface area contributed by atoms with Crippen LogP contribution in [-0.4, -0.2) is 53.6 Å². The zero-order chi connectivity index (χ0) is 26.2. The molecule has 4 aliphatic rings. The number of thiocarbonyl (C=S) groups is 2. The van der Waals surface area contributed by atoms with Crippen LogP contribution in [-0.2, 0) is 9.84 Å². The minimum atomic E-state index is -4.18. The summed E-state index contributed by atoms with van der Waals surface area (Å²) in [7, 11) is -4.18. The standard InChI is InChI=1S/C26H20N2O6S3/c29-21-15-7-5-13(9-17(15)23(31)19(21)25(35)27-11-1-2-11)37(33,34)14-6-8-16-18(10-14)24(32)20(22(16)30)26(36)28-12-3-4-12/h5-12,19-20H,1-4H2,(H,27,35)(H,28,36). The van der Waals surface area contributed by atoms with Gasteiger partial charge in [0, 0.05) is 34.3 Å². The molecule has 2 fully saturated rings. The van der Waals surface area contributed by atoms with Crippen molar-refractivity contribution in [3.63, 3.8) is 0 Å². The van der Waals surface area contributed by atoms with Gasteiger partial charge in [-0.15, -0.1) is 0 Å². The Morgan fingerprint density at radius 3 is 1.32 bits per heavy atom. The second kappa shape index (κ2) is 8.44. The summed E-state index contributed by atoms with van der Waals surface area (Å²) in [5.74, 6) is -4.29. The van der Waals surface area contributed by atoms with E-state index in [0.29, 0.717) is 0 Å². The highest BCUT2D eigenvalue weighted by Gasteiger charge is 2.45. The van der Waals surface area contributed by atoms with E-state index >= 15 is 0 Å². The van der Waals surface area contributed by atoms with Gasteiger partial charge in [0.25, 0.3) is 0 Å². The molecule has 2 saturated carbocycles. The van der Waals surface area contributed by atoms with Crippen LogP contribution in [0.2, 0.25) is 0 Å². The lowest BCUT2D eigenvalue weighted by Gasteiger charge is -2.10. The van der Waals surface area contributed by atoms with Crippen molar-refractivity contribution in [3.05, 3.63) is 58.7 Å². The molecule has 0 spiro atoms. The van der Waals surface area contributed by atoms with E-state index in [-0.39, 0.29) is 54.1 Å². The first-order valence-electron chi connectivity index (χ1n) is 11.9. The lowest BCUT2D eigenvalue weighted by Crippen LogP contribution is -2.36. The normalized spacial score (nSPS) is 22.6. The SMILES string of the molecule is O=C1c2ccc(S(=O)(=O)c3ccc4c(c3)C(=O)C(C(=S)NC3CC3)C4=O)cc2C(=O)C1C(=S)NC1CC1. The van der Waals surface area contributed by atoms with Gasteiger partial charge in [0.15, 0.2) is 23.1 Å². The summed E-state index contributed by atoms with van der Waals surface area (Å²) < 4.78 is 27.0. The maximum atomic E-state index is 13.5. The van der Waals surface area contributed by atoms with E-state index in [1.54, 1.807) is 0 Å². The maximum absolute atomic E-state index is 13.5. The third-order valence-electron chi connectivity index (χ3n) is 7.09. The molecule has 188 valence electrons. The lowest BCUT2D eigenvalue weighted by atomic mass is 10.0. The topological polar surface area (TPSA) is 126 Å². The van der Waals surface area contributed by atoms with E-state index in [4.69, 9.17) is 24.4 Å². The number of carbonyl (C=O) groups excluding carboxylic acids is 4. The van der Waals surface area contributed by atoms with Gasteiger partial charge in [-0.2, -0.15) is 0 Å². The molecular formula is C26H20N2O6S3. The molecule has 6 rings (SSSR count). The van der Waals surface area contributed by atoms with Gasteiger partial charge in [-0.1, -0.05) is 24.4 Å². The van der Waals surface area contributed by atoms with Gasteiger partial charge in [-0.3, -0.25) is 19.2 Å². The first kappa shape index (κ1) is 24.2. The molecule has 0 bridgehead atoms. The van der Waals surface area contributed by atoms with Gasteiger partial charge in [-0.25, -0.2) is 8.42 Å². The third kappa shape index (κ3) is 3.96. The van der Waals surface area contributed by atoms with E-state index in [0.717, 1.165) is 25.7 Å². The smallest absolute Gasteiger partial charge is 0.206 e. The van der Waals surface area contributed by atoms with Crippen molar-refractivity contribution >= 4 is 67.4 Å². The van der Waals surface area contributed by atoms with Crippen molar-refractivity contribution in [2.75, 3.05) is 0 Å². The second-order valence-corrected chi connectivity index (χ2v) is 12.6. The van der Waals surface area contributed by atoms with Crippen molar-refractivity contribution in [1.29, 1.82) is 0 Å². The van der Waals surface area contributed by atoms with Gasteiger partial charge in [0.1, 0.15) is 11.8 Å². The average molecular weight is 553 g/mol. The quantitative estimate of drug-likeness (QED) is 0.408. The van der Waals surface area contributed by atoms with E-state index in [1.165, 1.54) is 36.4 Å². The van der Waals surface area contributed by atoms with Gasteiger partial charge in [-0.05, 0) is 62.1 Å². The molecular weight excluding hydrogens is 532 g/mol. The largest absolute Gasteiger partial charge is 0.376 e. The van der Waals surface area contributed by atoms with Crippen molar-refractivity contribution < 1.29 is 27.6 Å². The Bertz CT molecular complexity index is 1480. The molecule has 2 atom stereocenters. The molecule has 2 aromatic carbocycles. The summed E-state index contributed by atoms with van der Waals surface area (Å²) in [5, 5.41) is 6.03. The Morgan fingerprint density at radius 2 is 0.973 bits per heavy atom. The highest BCUT2D eigenvalue weighted by molar-refractivity contribution is 7.91. The number of ketones is 4. The lowest BCUT2D eigenvalue weighted by molar-refractivity contribution is 0.0866. The fourth-order valence-corrected chi connectivity index (χ4v) is 6.79. The van der Waals surface area contributed by atoms with E-state index in [9.17, 15) is 27.6 Å². The van der Waals surface area contributed by atoms with Gasteiger partial charge < -0.3 is 10.6 Å². The Hall–Kier alpha value is -3.15. The Kier molecular flexibility index (Phi) is 5.52. The zero-order valence-electron chi connectivity index (χ0n) is 19.3. The van der Waals surface area contributed by atoms with Crippen molar-refractivity contribution in [1.82, 2.24) is 10.6 Å². The highest BCUT2D eigenvalue weighted by atomic mass is 32.2. The number of hydrogen-bond donors (Lipinski definition) is 2. The predicted octanol–water partition coefficient (Wildman–Crippen LogP) is 2.67. The molecule has 4 aliphatic carbocycles. The number of rotatable bonds is 6. The minimum absolute atomic E-state index is 0.000000690. The number of sulfone groups is 1. The van der Waals surface area contributed by atoms with Crippen molar-refractivity contribution in [2.24, 2.45) is 11.8 Å². The molecule has 0 radical (unpaired) electrons. The fourth-order valence-electron chi connectivity index (χ4n) is 4.72. The Morgan fingerprint density at radius 1 is 0.622 bits per heavy atom. The van der Waals surface area contributed by atoms with Crippen LogP contribution in [0, 0.1) is 11.8 Å². The average Bonchev–Trinajstić information content (AvgIpc) is 3.80. The summed E-state index contributed by atoms with van der Waals surface area (Å²) >= 11 is 10.6. The number of Topliss-reactive ketones (excluding diaryl/α,β-unsaturated/α-hetero) is 4. The van der Waals surface area contributed by atoms with Crippen molar-refractivity contribution in [3.8, 4) is 0 Å². The molecule has 2 unspecified atom stereocenters. The molecule has 8 nitrogen and oxygen atoms in total. The molecule has 0 aliphatic heterocycles. The minimum Gasteiger partial charge on any atom is -0.376 e. The number of carbonyl (C=O) groups is 4. The highest BCUT2D eigenvalue weighted by Crippen LogP contribution is 2.35. The van der Waals surface area contributed by atoms with Gasteiger partial charge in [0.2, 0.25) is 9.84 Å². The van der Waals surface area contributed by atoms with Gasteiger partial charge in [0.05, 0.1) is 19.8 Å². The fraction of sp³-hybridized carbons (Fsp3) is 0.308. The molecule has 0 amide bonds. The van der Waals surface area contributed by atoms with Gasteiger partial charge >= 0.3 is 0 Å². The number of hydrogen-bond acceptors (Lipinski definition) is 8. The van der Waals surface area contributed by atoms with Crippen LogP contribution in [0.3, 0.4) is 0 Å². The van der Waals surface area contributed by atoms with E-state index in [1.807, 2.05) is 0 Å². The summed E-state index contributed by atoms with van der Waals surface area (Å²) in [5.41, 5.74) is 0.256. The molecule has 0 saturated heterocycles. The zero-order valence-corrected chi connectivity index (χ0v) is 21.7. The first-order chi connectivity index (χ1) is 17.6. The van der Waals surface area contributed by atoms with Crippen LogP contribution in [0.15, 0.2) is 46.2 Å². The summed E-state index contributed by atoms with van der Waals surface area (Å²) in [4.78, 5) is 51.7. The molecule has 37 heavy (non-hydrogen) atoms. The molecule has 0 heterocycles. The van der Waals surface area contributed by atoms with Crippen LogP contribution in [0.4, 0.5) is 0 Å². The van der Waals surface area contributed by atoms with Crippen molar-refractivity contribution in [2.45, 2.75) is 47.6 Å². The first-order valence-corrected chi connectivity index (χ1v) is 14.2. The Labute approximate surface area is 223 Å². The van der Waals surface area contributed by atoms with Crippen LogP contribution in [0.25, 0.3) is 0 Å². The maximum Gasteiger partial charge on any atom is 0.206 e. The number of fused-ring (bicyclic) bond motifs is 2. The molecule has 2 N–H and O–H groups in total. The van der Waals surface area contributed by atoms with Crippen LogP contribution in [0.5, 0.6) is 0 Å². The van der Waals surface area contributed by atoms with Crippen LogP contribution in [0.1, 0.15) is 67.1 Å². The summed E-state index contributed by atoms with van der Waals surface area (Å²) in [6.45, 7) is 0. The third-order valence-corrected chi connectivity index (χ3v) is 9.54.